The van der Waals surface area contributed by atoms with Crippen LogP contribution in [-0.4, -0.2) is 29.3 Å². The number of ether oxygens (including phenoxy) is 1. The standard InChI is InChI=1S/C19H20FNO3.ClH/c20-16-4-6-17(7-5-16)21-9-1-2-15(12-21)19(22,23)24-18-8-3-13-10-14(13)11-18;/h3-8,11,15,22-23H,1-2,9-10,12H2;1H. The minimum Gasteiger partial charge on any atom is -0.439 e. The number of anilines is 1. The molecule has 0 bridgehead atoms. The van der Waals surface area contributed by atoms with E-state index in [9.17, 15) is 14.6 Å². The molecular weight excluding hydrogens is 345 g/mol. The number of nitrogens with zero attached hydrogens (tertiary/aromatic N) is 1. The molecular formula is C19H21ClFNO3. The van der Waals surface area contributed by atoms with Gasteiger partial charge in [0.25, 0.3) is 0 Å². The number of halogens is 2. The minimum absolute atomic E-state index is 0. The van der Waals surface area contributed by atoms with Gasteiger partial charge in [-0.25, -0.2) is 4.39 Å². The van der Waals surface area contributed by atoms with E-state index in [1.807, 2.05) is 17.0 Å². The molecule has 0 spiro atoms. The summed E-state index contributed by atoms with van der Waals surface area (Å²) in [5.74, 6) is -2.46. The van der Waals surface area contributed by atoms with Crippen molar-refractivity contribution in [1.29, 1.82) is 0 Å². The average molecular weight is 366 g/mol. The van der Waals surface area contributed by atoms with Gasteiger partial charge in [-0.2, -0.15) is 0 Å². The monoisotopic (exact) mass is 365 g/mol. The Bertz CT molecular complexity index is 751. The summed E-state index contributed by atoms with van der Waals surface area (Å²) in [6, 6.07) is 11.8. The molecule has 0 aromatic heterocycles. The molecule has 1 fully saturated rings. The number of hydrogen-bond donors (Lipinski definition) is 2. The maximum absolute atomic E-state index is 13.1. The first kappa shape index (κ1) is 18.0. The van der Waals surface area contributed by atoms with Gasteiger partial charge in [-0.05, 0) is 66.8 Å². The van der Waals surface area contributed by atoms with Crippen molar-refractivity contribution in [2.45, 2.75) is 25.2 Å². The lowest BCUT2D eigenvalue weighted by atomic mass is 9.95. The molecule has 2 N–H and O–H groups in total. The highest BCUT2D eigenvalue weighted by atomic mass is 35.5. The summed E-state index contributed by atoms with van der Waals surface area (Å²) in [6.45, 7) is 1.25. The summed E-state index contributed by atoms with van der Waals surface area (Å²) >= 11 is 0. The second-order valence-electron chi connectivity index (χ2n) is 6.63. The third-order valence-electron chi connectivity index (χ3n) is 4.85. The Balaban J connectivity index is 0.00000182. The highest BCUT2D eigenvalue weighted by Crippen LogP contribution is 2.35. The molecule has 1 aliphatic carbocycles. The number of hydrogen-bond acceptors (Lipinski definition) is 4. The van der Waals surface area contributed by atoms with Crippen LogP contribution in [0.3, 0.4) is 0 Å². The lowest BCUT2D eigenvalue weighted by Gasteiger charge is -2.39. The normalized spacial score (nSPS) is 19.0. The predicted molar refractivity (Wildman–Crippen MR) is 95.6 cm³/mol. The average Bonchev–Trinajstić information content (AvgIpc) is 3.34. The van der Waals surface area contributed by atoms with E-state index in [4.69, 9.17) is 4.74 Å². The molecule has 134 valence electrons. The minimum atomic E-state index is -2.22. The van der Waals surface area contributed by atoms with E-state index in [1.165, 1.54) is 23.3 Å². The summed E-state index contributed by atoms with van der Waals surface area (Å²) in [6.07, 6.45) is 2.43. The first-order chi connectivity index (χ1) is 11.5. The van der Waals surface area contributed by atoms with Gasteiger partial charge in [0.15, 0.2) is 0 Å². The molecule has 1 saturated heterocycles. The Morgan fingerprint density at radius 3 is 2.56 bits per heavy atom. The van der Waals surface area contributed by atoms with Crippen LogP contribution in [0.1, 0.15) is 24.0 Å². The second-order valence-corrected chi connectivity index (χ2v) is 6.63. The fourth-order valence-corrected chi connectivity index (χ4v) is 3.36. The zero-order valence-corrected chi connectivity index (χ0v) is 14.5. The molecule has 4 nitrogen and oxygen atoms in total. The van der Waals surface area contributed by atoms with Crippen LogP contribution < -0.4 is 9.64 Å². The molecule has 0 radical (unpaired) electrons. The van der Waals surface area contributed by atoms with Crippen LogP contribution in [0.5, 0.6) is 5.75 Å². The Hall–Kier alpha value is -1.82. The van der Waals surface area contributed by atoms with Gasteiger partial charge >= 0.3 is 5.97 Å². The van der Waals surface area contributed by atoms with Crippen molar-refractivity contribution in [3.63, 3.8) is 0 Å². The van der Waals surface area contributed by atoms with Gasteiger partial charge in [-0.15, -0.1) is 12.4 Å². The maximum Gasteiger partial charge on any atom is 0.326 e. The second kappa shape index (κ2) is 6.83. The van der Waals surface area contributed by atoms with Crippen molar-refractivity contribution in [1.82, 2.24) is 0 Å². The van der Waals surface area contributed by atoms with Gasteiger partial charge in [0.2, 0.25) is 0 Å². The van der Waals surface area contributed by atoms with Crippen molar-refractivity contribution >= 4 is 18.1 Å². The number of aliphatic hydroxyl groups is 2. The van der Waals surface area contributed by atoms with Crippen molar-refractivity contribution in [3.05, 3.63) is 59.4 Å². The third-order valence-corrected chi connectivity index (χ3v) is 4.85. The topological polar surface area (TPSA) is 52.9 Å². The van der Waals surface area contributed by atoms with Gasteiger partial charge in [0.05, 0.1) is 5.92 Å². The van der Waals surface area contributed by atoms with Crippen LogP contribution in [0.2, 0.25) is 0 Å². The number of rotatable bonds is 4. The summed E-state index contributed by atoms with van der Waals surface area (Å²) in [4.78, 5) is 2.03. The molecule has 1 unspecified atom stereocenters. The van der Waals surface area contributed by atoms with E-state index >= 15 is 0 Å². The van der Waals surface area contributed by atoms with Crippen molar-refractivity contribution in [3.8, 4) is 5.75 Å². The first-order valence-electron chi connectivity index (χ1n) is 8.27. The van der Waals surface area contributed by atoms with Gasteiger partial charge in [0.1, 0.15) is 11.6 Å². The Labute approximate surface area is 152 Å². The molecule has 0 amide bonds. The Kier molecular flexibility index (Phi) is 4.91. The molecule has 6 heteroatoms. The lowest BCUT2D eigenvalue weighted by molar-refractivity contribution is -0.323. The third kappa shape index (κ3) is 3.89. The quantitative estimate of drug-likeness (QED) is 0.698. The SMILES string of the molecule is Cl.OC(O)(Oc1ccc2c(c1)C2)C1CCCN(c2ccc(F)cc2)C1. The van der Waals surface area contributed by atoms with Crippen LogP contribution in [-0.2, 0) is 6.42 Å². The van der Waals surface area contributed by atoms with Gasteiger partial charge in [0, 0.05) is 18.8 Å². The van der Waals surface area contributed by atoms with Crippen molar-refractivity contribution in [2.75, 3.05) is 18.0 Å². The maximum atomic E-state index is 13.1. The zero-order chi connectivity index (χ0) is 16.7. The fourth-order valence-electron chi connectivity index (χ4n) is 3.36. The van der Waals surface area contributed by atoms with E-state index in [1.54, 1.807) is 18.2 Å². The van der Waals surface area contributed by atoms with Gasteiger partial charge in [-0.1, -0.05) is 6.07 Å². The van der Waals surface area contributed by atoms with Gasteiger partial charge in [-0.3, -0.25) is 0 Å². The van der Waals surface area contributed by atoms with E-state index in [-0.39, 0.29) is 18.2 Å². The summed E-state index contributed by atoms with van der Waals surface area (Å²) < 4.78 is 18.6. The zero-order valence-electron chi connectivity index (χ0n) is 13.7. The van der Waals surface area contributed by atoms with Crippen LogP contribution in [0.4, 0.5) is 10.1 Å². The summed E-state index contributed by atoms with van der Waals surface area (Å²) in [7, 11) is 0. The number of piperidine rings is 1. The molecule has 25 heavy (non-hydrogen) atoms. The molecule has 1 atom stereocenters. The van der Waals surface area contributed by atoms with Crippen LogP contribution in [0.15, 0.2) is 42.5 Å². The number of benzene rings is 2. The van der Waals surface area contributed by atoms with E-state index in [0.717, 1.165) is 25.1 Å². The number of fused-ring (bicyclic) bond motifs is 1. The van der Waals surface area contributed by atoms with Crippen molar-refractivity contribution < 1.29 is 19.3 Å². The van der Waals surface area contributed by atoms with Crippen LogP contribution in [0.25, 0.3) is 0 Å². The molecule has 2 aromatic rings. The highest BCUT2D eigenvalue weighted by molar-refractivity contribution is 5.85. The van der Waals surface area contributed by atoms with E-state index in [2.05, 4.69) is 0 Å². The molecule has 0 saturated carbocycles. The Morgan fingerprint density at radius 1 is 1.08 bits per heavy atom. The molecule has 2 aliphatic rings. The van der Waals surface area contributed by atoms with Gasteiger partial charge < -0.3 is 19.8 Å². The lowest BCUT2D eigenvalue weighted by Crippen LogP contribution is -2.51. The first-order valence-corrected chi connectivity index (χ1v) is 8.27. The molecule has 2 aromatic carbocycles. The Morgan fingerprint density at radius 2 is 1.84 bits per heavy atom. The molecule has 1 aliphatic heterocycles. The van der Waals surface area contributed by atoms with E-state index < -0.39 is 11.9 Å². The van der Waals surface area contributed by atoms with Crippen LogP contribution >= 0.6 is 12.4 Å². The summed E-state index contributed by atoms with van der Waals surface area (Å²) in [5, 5.41) is 20.9. The largest absolute Gasteiger partial charge is 0.439 e. The smallest absolute Gasteiger partial charge is 0.326 e. The summed E-state index contributed by atoms with van der Waals surface area (Å²) in [5.41, 5.74) is 3.35. The molecule has 4 rings (SSSR count). The van der Waals surface area contributed by atoms with E-state index in [0.29, 0.717) is 18.7 Å². The fraction of sp³-hybridized carbons (Fsp3) is 0.368. The van der Waals surface area contributed by atoms with Crippen molar-refractivity contribution in [2.24, 2.45) is 5.92 Å². The van der Waals surface area contributed by atoms with Crippen LogP contribution in [0, 0.1) is 11.7 Å². The molecule has 1 heterocycles. The highest BCUT2D eigenvalue weighted by Gasteiger charge is 2.40. The predicted octanol–water partition coefficient (Wildman–Crippen LogP) is 3.09.